The number of aromatic nitrogens is 3. The van der Waals surface area contributed by atoms with E-state index in [0.717, 1.165) is 16.8 Å². The summed E-state index contributed by atoms with van der Waals surface area (Å²) in [6.45, 7) is 3.60. The van der Waals surface area contributed by atoms with E-state index in [4.69, 9.17) is 8.83 Å². The zero-order chi connectivity index (χ0) is 19.5. The Morgan fingerprint density at radius 2 is 2.04 bits per heavy atom. The standard InChI is InChI=1S/C19H16N4O3S2/c1-11-14(8-9-25-11)17-22-23-19(26-17)28-12(2)16(24)21-18-20-15(10-27-18)13-6-4-3-5-7-13/h3-10,12H,1-2H3,(H,20,21,24)/t12-/m1/s1. The molecule has 4 aromatic rings. The third kappa shape index (κ3) is 4.00. The molecule has 0 fully saturated rings. The fourth-order valence-electron chi connectivity index (χ4n) is 2.46. The smallest absolute Gasteiger partial charge is 0.277 e. The number of hydrogen-bond acceptors (Lipinski definition) is 8. The largest absolute Gasteiger partial charge is 0.469 e. The second kappa shape index (κ2) is 7.99. The minimum atomic E-state index is -0.428. The van der Waals surface area contributed by atoms with Crippen molar-refractivity contribution in [2.75, 3.05) is 5.32 Å². The third-order valence-electron chi connectivity index (χ3n) is 3.95. The van der Waals surface area contributed by atoms with Crippen LogP contribution in [0, 0.1) is 6.92 Å². The van der Waals surface area contributed by atoms with Gasteiger partial charge in [-0.3, -0.25) is 4.79 Å². The maximum atomic E-state index is 12.5. The van der Waals surface area contributed by atoms with Crippen LogP contribution >= 0.6 is 23.1 Å². The van der Waals surface area contributed by atoms with Crippen molar-refractivity contribution in [1.82, 2.24) is 15.2 Å². The first-order valence-corrected chi connectivity index (χ1v) is 10.2. The molecule has 1 amide bonds. The van der Waals surface area contributed by atoms with Crippen LogP contribution in [0.1, 0.15) is 12.7 Å². The third-order valence-corrected chi connectivity index (χ3v) is 5.64. The lowest BCUT2D eigenvalue weighted by atomic mass is 10.2. The van der Waals surface area contributed by atoms with Crippen LogP contribution in [0.3, 0.4) is 0 Å². The van der Waals surface area contributed by atoms with Gasteiger partial charge in [0.25, 0.3) is 11.1 Å². The van der Waals surface area contributed by atoms with Gasteiger partial charge in [-0.25, -0.2) is 4.98 Å². The summed E-state index contributed by atoms with van der Waals surface area (Å²) in [7, 11) is 0. The number of furan rings is 1. The Hall–Kier alpha value is -2.91. The first-order chi connectivity index (χ1) is 13.6. The number of nitrogens with one attached hydrogen (secondary N) is 1. The fraction of sp³-hybridized carbons (Fsp3) is 0.158. The quantitative estimate of drug-likeness (QED) is 0.451. The molecule has 0 saturated heterocycles. The minimum absolute atomic E-state index is 0.182. The Labute approximate surface area is 169 Å². The summed E-state index contributed by atoms with van der Waals surface area (Å²) in [5, 5.41) is 13.2. The van der Waals surface area contributed by atoms with Crippen molar-refractivity contribution in [2.24, 2.45) is 0 Å². The second-order valence-corrected chi connectivity index (χ2v) is 8.07. The zero-order valence-electron chi connectivity index (χ0n) is 15.1. The van der Waals surface area contributed by atoms with Crippen LogP contribution in [0.5, 0.6) is 0 Å². The molecule has 0 aliphatic heterocycles. The van der Waals surface area contributed by atoms with Crippen LogP contribution in [0.15, 0.2) is 62.1 Å². The molecule has 28 heavy (non-hydrogen) atoms. The summed E-state index contributed by atoms with van der Waals surface area (Å²) in [5.74, 6) is 0.885. The maximum absolute atomic E-state index is 12.5. The van der Waals surface area contributed by atoms with Crippen molar-refractivity contribution in [1.29, 1.82) is 0 Å². The van der Waals surface area contributed by atoms with E-state index in [2.05, 4.69) is 20.5 Å². The van der Waals surface area contributed by atoms with Gasteiger partial charge >= 0.3 is 0 Å². The van der Waals surface area contributed by atoms with E-state index in [9.17, 15) is 4.79 Å². The number of hydrogen-bond donors (Lipinski definition) is 1. The highest BCUT2D eigenvalue weighted by molar-refractivity contribution is 8.00. The van der Waals surface area contributed by atoms with Gasteiger partial charge < -0.3 is 14.2 Å². The molecule has 1 atom stereocenters. The first-order valence-electron chi connectivity index (χ1n) is 8.46. The molecule has 0 aliphatic rings. The minimum Gasteiger partial charge on any atom is -0.469 e. The maximum Gasteiger partial charge on any atom is 0.277 e. The van der Waals surface area contributed by atoms with E-state index in [1.54, 1.807) is 19.3 Å². The summed E-state index contributed by atoms with van der Waals surface area (Å²) in [6, 6.07) is 11.6. The van der Waals surface area contributed by atoms with Gasteiger partial charge in [-0.15, -0.1) is 21.5 Å². The molecule has 4 rings (SSSR count). The Morgan fingerprint density at radius 1 is 1.21 bits per heavy atom. The average Bonchev–Trinajstić information content (AvgIpc) is 3.43. The Kier molecular flexibility index (Phi) is 5.27. The van der Waals surface area contributed by atoms with Crippen molar-refractivity contribution in [3.05, 3.63) is 53.8 Å². The van der Waals surface area contributed by atoms with Crippen molar-refractivity contribution in [3.63, 3.8) is 0 Å². The van der Waals surface area contributed by atoms with Gasteiger partial charge in [-0.05, 0) is 19.9 Å². The summed E-state index contributed by atoms with van der Waals surface area (Å²) >= 11 is 2.58. The van der Waals surface area contributed by atoms with Crippen molar-refractivity contribution >= 4 is 34.1 Å². The van der Waals surface area contributed by atoms with Crippen LogP contribution in [0.2, 0.25) is 0 Å². The molecule has 0 spiro atoms. The van der Waals surface area contributed by atoms with E-state index >= 15 is 0 Å². The van der Waals surface area contributed by atoms with Gasteiger partial charge in [0.15, 0.2) is 5.13 Å². The van der Waals surface area contributed by atoms with Crippen molar-refractivity contribution in [3.8, 4) is 22.7 Å². The molecule has 0 radical (unpaired) electrons. The molecular weight excluding hydrogens is 396 g/mol. The van der Waals surface area contributed by atoms with Crippen LogP contribution in [0.25, 0.3) is 22.7 Å². The Balaban J connectivity index is 1.39. The van der Waals surface area contributed by atoms with Gasteiger partial charge in [-0.1, -0.05) is 42.1 Å². The second-order valence-electron chi connectivity index (χ2n) is 5.92. The average molecular weight is 412 g/mol. The first kappa shape index (κ1) is 18.5. The lowest BCUT2D eigenvalue weighted by molar-refractivity contribution is -0.115. The lowest BCUT2D eigenvalue weighted by Crippen LogP contribution is -2.22. The molecule has 3 heterocycles. The van der Waals surface area contributed by atoms with Gasteiger partial charge in [0, 0.05) is 10.9 Å². The van der Waals surface area contributed by atoms with Gasteiger partial charge in [0.1, 0.15) is 5.76 Å². The molecule has 9 heteroatoms. The van der Waals surface area contributed by atoms with Crippen molar-refractivity contribution < 1.29 is 13.6 Å². The lowest BCUT2D eigenvalue weighted by Gasteiger charge is -2.07. The SMILES string of the molecule is Cc1occc1-c1nnc(S[C@H](C)C(=O)Nc2nc(-c3ccccc3)cs2)o1. The van der Waals surface area contributed by atoms with E-state index < -0.39 is 5.25 Å². The normalized spacial score (nSPS) is 12.1. The molecule has 0 aliphatic carbocycles. The number of thiazole rings is 1. The number of amides is 1. The molecule has 1 aromatic carbocycles. The van der Waals surface area contributed by atoms with E-state index in [0.29, 0.717) is 22.0 Å². The van der Waals surface area contributed by atoms with Crippen LogP contribution in [-0.4, -0.2) is 26.3 Å². The van der Waals surface area contributed by atoms with E-state index in [-0.39, 0.29) is 5.91 Å². The Morgan fingerprint density at radius 3 is 2.79 bits per heavy atom. The molecule has 3 aromatic heterocycles. The van der Waals surface area contributed by atoms with Crippen molar-refractivity contribution in [2.45, 2.75) is 24.3 Å². The number of aryl methyl sites for hydroxylation is 1. The Bertz CT molecular complexity index is 1090. The number of carbonyl (C=O) groups is 1. The summed E-state index contributed by atoms with van der Waals surface area (Å²) < 4.78 is 10.9. The van der Waals surface area contributed by atoms with E-state index in [1.807, 2.05) is 42.6 Å². The highest BCUT2D eigenvalue weighted by atomic mass is 32.2. The molecule has 142 valence electrons. The molecule has 1 N–H and O–H groups in total. The highest BCUT2D eigenvalue weighted by Gasteiger charge is 2.21. The summed E-state index contributed by atoms with van der Waals surface area (Å²) in [4.78, 5) is 17.0. The molecule has 7 nitrogen and oxygen atoms in total. The number of carbonyl (C=O) groups excluding carboxylic acids is 1. The van der Waals surface area contributed by atoms with E-state index in [1.165, 1.54) is 23.1 Å². The topological polar surface area (TPSA) is 94.0 Å². The number of benzene rings is 1. The summed E-state index contributed by atoms with van der Waals surface area (Å²) in [6.07, 6.45) is 1.56. The fourth-order valence-corrected chi connectivity index (χ4v) is 3.86. The molecule has 0 bridgehead atoms. The predicted molar refractivity (Wildman–Crippen MR) is 108 cm³/mol. The highest BCUT2D eigenvalue weighted by Crippen LogP contribution is 2.29. The van der Waals surface area contributed by atoms with Crippen LogP contribution in [-0.2, 0) is 4.79 Å². The van der Waals surface area contributed by atoms with Gasteiger partial charge in [-0.2, -0.15) is 0 Å². The monoisotopic (exact) mass is 412 g/mol. The van der Waals surface area contributed by atoms with Crippen LogP contribution in [0.4, 0.5) is 5.13 Å². The number of anilines is 1. The van der Waals surface area contributed by atoms with Gasteiger partial charge in [0.05, 0.1) is 22.8 Å². The zero-order valence-corrected chi connectivity index (χ0v) is 16.7. The number of nitrogens with zero attached hydrogens (tertiary/aromatic N) is 3. The van der Waals surface area contributed by atoms with Crippen LogP contribution < -0.4 is 5.32 Å². The molecular formula is C19H16N4O3S2. The number of thioether (sulfide) groups is 1. The van der Waals surface area contributed by atoms with Gasteiger partial charge in [0.2, 0.25) is 5.91 Å². The molecule has 0 unspecified atom stereocenters. The predicted octanol–water partition coefficient (Wildman–Crippen LogP) is 4.88. The number of rotatable bonds is 6. The molecule has 0 saturated carbocycles. The summed E-state index contributed by atoms with van der Waals surface area (Å²) in [5.41, 5.74) is 2.58.